The molecule has 5 nitrogen and oxygen atoms in total. The molecular formula is C20H27N3O2S. The molecule has 0 unspecified atom stereocenters. The molecule has 1 aliphatic rings. The highest BCUT2D eigenvalue weighted by atomic mass is 32.2. The Bertz CT molecular complexity index is 861. The lowest BCUT2D eigenvalue weighted by Gasteiger charge is -2.33. The number of nitrogens with one attached hydrogen (secondary N) is 1. The fourth-order valence-electron chi connectivity index (χ4n) is 3.63. The van der Waals surface area contributed by atoms with Crippen molar-refractivity contribution in [2.45, 2.75) is 51.5 Å². The minimum absolute atomic E-state index is 0.0421. The summed E-state index contributed by atoms with van der Waals surface area (Å²) in [4.78, 5) is 7.03. The summed E-state index contributed by atoms with van der Waals surface area (Å²) in [7, 11) is -3.53. The molecular weight excluding hydrogens is 346 g/mol. The van der Waals surface area contributed by atoms with Gasteiger partial charge in [0.05, 0.1) is 4.90 Å². The number of aromatic nitrogens is 1. The predicted octanol–water partition coefficient (Wildman–Crippen LogP) is 3.26. The number of nitrogens with zero attached hydrogens (tertiary/aromatic N) is 2. The number of aryl methyl sites for hydroxylation is 2. The van der Waals surface area contributed by atoms with Crippen molar-refractivity contribution in [3.05, 3.63) is 52.7 Å². The molecule has 0 amide bonds. The summed E-state index contributed by atoms with van der Waals surface area (Å²) in [6.07, 6.45) is 3.34. The van der Waals surface area contributed by atoms with Crippen LogP contribution < -0.4 is 9.62 Å². The molecule has 1 saturated heterocycles. The Morgan fingerprint density at radius 1 is 1.04 bits per heavy atom. The molecule has 140 valence electrons. The van der Waals surface area contributed by atoms with Crippen LogP contribution in [0.2, 0.25) is 0 Å². The maximum atomic E-state index is 13.1. The lowest BCUT2D eigenvalue weighted by atomic mass is 10.0. The first-order valence-electron chi connectivity index (χ1n) is 9.05. The van der Waals surface area contributed by atoms with Gasteiger partial charge in [-0.25, -0.2) is 18.1 Å². The molecule has 0 radical (unpaired) electrons. The van der Waals surface area contributed by atoms with Gasteiger partial charge < -0.3 is 4.90 Å². The van der Waals surface area contributed by atoms with Crippen LogP contribution in [-0.4, -0.2) is 32.5 Å². The van der Waals surface area contributed by atoms with Gasteiger partial charge in [-0.2, -0.15) is 0 Å². The zero-order valence-electron chi connectivity index (χ0n) is 15.9. The van der Waals surface area contributed by atoms with Crippen molar-refractivity contribution >= 4 is 15.8 Å². The number of hydrogen-bond acceptors (Lipinski definition) is 4. The molecule has 1 aliphatic heterocycles. The van der Waals surface area contributed by atoms with Crippen LogP contribution in [0.5, 0.6) is 0 Å². The van der Waals surface area contributed by atoms with E-state index in [-0.39, 0.29) is 6.04 Å². The minimum atomic E-state index is -3.53. The van der Waals surface area contributed by atoms with Crippen molar-refractivity contribution in [3.8, 4) is 0 Å². The van der Waals surface area contributed by atoms with Crippen LogP contribution in [0.25, 0.3) is 0 Å². The second kappa shape index (κ2) is 7.37. The zero-order chi connectivity index (χ0) is 18.9. The first-order chi connectivity index (χ1) is 12.3. The van der Waals surface area contributed by atoms with Gasteiger partial charge in [-0.3, -0.25) is 0 Å². The van der Waals surface area contributed by atoms with Gasteiger partial charge in [0.15, 0.2) is 0 Å². The van der Waals surface area contributed by atoms with Gasteiger partial charge in [0.1, 0.15) is 5.82 Å². The van der Waals surface area contributed by atoms with Gasteiger partial charge in [0.2, 0.25) is 10.0 Å². The van der Waals surface area contributed by atoms with Gasteiger partial charge >= 0.3 is 0 Å². The Labute approximate surface area is 156 Å². The average molecular weight is 374 g/mol. The first kappa shape index (κ1) is 18.9. The van der Waals surface area contributed by atoms with E-state index in [4.69, 9.17) is 0 Å². The van der Waals surface area contributed by atoms with Crippen LogP contribution in [0.1, 0.15) is 35.1 Å². The third-order valence-electron chi connectivity index (χ3n) is 5.36. The predicted molar refractivity (Wildman–Crippen MR) is 105 cm³/mol. The summed E-state index contributed by atoms with van der Waals surface area (Å²) in [5, 5.41) is 0. The maximum absolute atomic E-state index is 13.1. The van der Waals surface area contributed by atoms with Gasteiger partial charge in [-0.1, -0.05) is 12.1 Å². The van der Waals surface area contributed by atoms with E-state index in [9.17, 15) is 8.42 Å². The monoisotopic (exact) mass is 373 g/mol. The highest BCUT2D eigenvalue weighted by Crippen LogP contribution is 2.27. The highest BCUT2D eigenvalue weighted by molar-refractivity contribution is 7.89. The molecule has 0 bridgehead atoms. The van der Waals surface area contributed by atoms with Crippen molar-refractivity contribution in [3.63, 3.8) is 0 Å². The van der Waals surface area contributed by atoms with Gasteiger partial charge in [-0.15, -0.1) is 0 Å². The largest absolute Gasteiger partial charge is 0.357 e. The number of sulfonamides is 1. The first-order valence-corrected chi connectivity index (χ1v) is 10.5. The second-order valence-electron chi connectivity index (χ2n) is 7.16. The molecule has 1 aromatic carbocycles. The Kier molecular flexibility index (Phi) is 5.34. The lowest BCUT2D eigenvalue weighted by Crippen LogP contribution is -2.45. The van der Waals surface area contributed by atoms with Crippen molar-refractivity contribution in [1.29, 1.82) is 0 Å². The number of pyridine rings is 1. The maximum Gasteiger partial charge on any atom is 0.241 e. The minimum Gasteiger partial charge on any atom is -0.357 e. The highest BCUT2D eigenvalue weighted by Gasteiger charge is 2.28. The topological polar surface area (TPSA) is 62.3 Å². The number of hydrogen-bond donors (Lipinski definition) is 1. The van der Waals surface area contributed by atoms with Crippen molar-refractivity contribution < 1.29 is 8.42 Å². The Balaban J connectivity index is 1.74. The standard InChI is InChI=1S/C20H27N3O2S/c1-14-13-15(2)17(4)20(16(14)3)26(24,25)22-18-8-11-23(12-9-18)19-7-5-6-10-21-19/h5-7,10,13,18,22H,8-9,11-12H2,1-4H3. The van der Waals surface area contributed by atoms with Crippen LogP contribution in [-0.2, 0) is 10.0 Å². The molecule has 1 fully saturated rings. The van der Waals surface area contributed by atoms with Crippen LogP contribution in [0.15, 0.2) is 35.4 Å². The molecule has 0 atom stereocenters. The van der Waals surface area contributed by atoms with E-state index in [2.05, 4.69) is 20.7 Å². The Morgan fingerprint density at radius 2 is 1.65 bits per heavy atom. The van der Waals surface area contributed by atoms with Crippen LogP contribution in [0.4, 0.5) is 5.82 Å². The van der Waals surface area contributed by atoms with Crippen molar-refractivity contribution in [1.82, 2.24) is 9.71 Å². The van der Waals surface area contributed by atoms with Gasteiger partial charge in [0.25, 0.3) is 0 Å². The van der Waals surface area contributed by atoms with E-state index >= 15 is 0 Å². The summed E-state index contributed by atoms with van der Waals surface area (Å²) < 4.78 is 29.1. The molecule has 2 aromatic rings. The van der Waals surface area contributed by atoms with Crippen molar-refractivity contribution in [2.75, 3.05) is 18.0 Å². The van der Waals surface area contributed by atoms with Gasteiger partial charge in [0, 0.05) is 25.3 Å². The lowest BCUT2D eigenvalue weighted by molar-refractivity contribution is 0.458. The smallest absolute Gasteiger partial charge is 0.241 e. The second-order valence-corrected chi connectivity index (χ2v) is 8.81. The van der Waals surface area contributed by atoms with Crippen LogP contribution in [0.3, 0.4) is 0 Å². The quantitative estimate of drug-likeness (QED) is 0.893. The van der Waals surface area contributed by atoms with E-state index in [1.54, 1.807) is 6.20 Å². The van der Waals surface area contributed by atoms with E-state index in [1.165, 1.54) is 0 Å². The van der Waals surface area contributed by atoms with Gasteiger partial charge in [-0.05, 0) is 74.9 Å². The molecule has 0 spiro atoms. The van der Waals surface area contributed by atoms with Crippen LogP contribution >= 0.6 is 0 Å². The molecule has 6 heteroatoms. The summed E-state index contributed by atoms with van der Waals surface area (Å²) >= 11 is 0. The Hall–Kier alpha value is -1.92. The molecule has 1 N–H and O–H groups in total. The van der Waals surface area contributed by atoms with E-state index in [0.717, 1.165) is 54.0 Å². The molecule has 2 heterocycles. The number of piperidine rings is 1. The third-order valence-corrected chi connectivity index (χ3v) is 7.15. The zero-order valence-corrected chi connectivity index (χ0v) is 16.7. The van der Waals surface area contributed by atoms with Crippen LogP contribution in [0, 0.1) is 27.7 Å². The molecule has 3 rings (SSSR count). The molecule has 0 saturated carbocycles. The summed E-state index contributed by atoms with van der Waals surface area (Å²) in [6.45, 7) is 9.31. The fraction of sp³-hybridized carbons (Fsp3) is 0.450. The third kappa shape index (κ3) is 3.76. The Morgan fingerprint density at radius 3 is 2.19 bits per heavy atom. The number of rotatable bonds is 4. The molecule has 0 aliphatic carbocycles. The van der Waals surface area contributed by atoms with Crippen molar-refractivity contribution in [2.24, 2.45) is 0 Å². The normalized spacial score (nSPS) is 16.1. The van der Waals surface area contributed by atoms with E-state index < -0.39 is 10.0 Å². The molecule has 1 aromatic heterocycles. The fourth-order valence-corrected chi connectivity index (χ4v) is 5.55. The average Bonchev–Trinajstić information content (AvgIpc) is 2.61. The number of anilines is 1. The summed E-state index contributed by atoms with van der Waals surface area (Å²) in [5.41, 5.74) is 3.70. The van der Waals surface area contributed by atoms with E-state index in [1.807, 2.05) is 45.9 Å². The SMILES string of the molecule is Cc1cc(C)c(C)c(S(=O)(=O)NC2CCN(c3ccccn3)CC2)c1C. The summed E-state index contributed by atoms with van der Waals surface area (Å²) in [5.74, 6) is 0.954. The molecule has 26 heavy (non-hydrogen) atoms. The van der Waals surface area contributed by atoms with E-state index in [0.29, 0.717) is 4.90 Å². The number of benzene rings is 1. The summed E-state index contributed by atoms with van der Waals surface area (Å²) in [6, 6.07) is 7.88.